The summed E-state index contributed by atoms with van der Waals surface area (Å²) in [7, 11) is 0. The van der Waals surface area contributed by atoms with Crippen molar-refractivity contribution in [2.45, 2.75) is 12.8 Å². The third kappa shape index (κ3) is 3.47. The number of benzene rings is 2. The molecule has 2 amide bonds. The summed E-state index contributed by atoms with van der Waals surface area (Å²) in [6.07, 6.45) is 1.31. The molecule has 0 spiro atoms. The Kier molecular flexibility index (Phi) is 4.42. The molecule has 0 saturated carbocycles. The number of nitrogens with one attached hydrogen (secondary N) is 1. The Morgan fingerprint density at radius 1 is 1.20 bits per heavy atom. The normalized spacial score (nSPS) is 13.8. The molecule has 1 fully saturated rings. The zero-order valence-electron chi connectivity index (χ0n) is 13.1. The second-order valence-corrected chi connectivity index (χ2v) is 5.57. The van der Waals surface area contributed by atoms with E-state index in [0.29, 0.717) is 18.7 Å². The number of rotatable bonds is 4. The van der Waals surface area contributed by atoms with E-state index in [9.17, 15) is 24.1 Å². The fourth-order valence-electron chi connectivity index (χ4n) is 2.63. The van der Waals surface area contributed by atoms with E-state index < -0.39 is 16.6 Å². The van der Waals surface area contributed by atoms with E-state index in [0.717, 1.165) is 24.6 Å². The van der Waals surface area contributed by atoms with Gasteiger partial charge in [-0.1, -0.05) is 0 Å². The number of hydrogen-bond donors (Lipinski definition) is 1. The molecule has 1 saturated heterocycles. The Morgan fingerprint density at radius 3 is 2.52 bits per heavy atom. The molecule has 0 aromatic heterocycles. The molecule has 2 aromatic carbocycles. The maximum absolute atomic E-state index is 13.7. The molecule has 1 aliphatic rings. The van der Waals surface area contributed by atoms with Crippen molar-refractivity contribution in [2.24, 2.45) is 0 Å². The number of nitro groups is 1. The summed E-state index contributed by atoms with van der Waals surface area (Å²) in [6, 6.07) is 9.23. The second kappa shape index (κ2) is 6.68. The van der Waals surface area contributed by atoms with Gasteiger partial charge in [-0.2, -0.15) is 0 Å². The summed E-state index contributed by atoms with van der Waals surface area (Å²) in [4.78, 5) is 35.6. The molecule has 3 rings (SSSR count). The van der Waals surface area contributed by atoms with Crippen molar-refractivity contribution in [2.75, 3.05) is 16.8 Å². The van der Waals surface area contributed by atoms with Gasteiger partial charge >= 0.3 is 0 Å². The highest BCUT2D eigenvalue weighted by Crippen LogP contribution is 2.24. The van der Waals surface area contributed by atoms with Gasteiger partial charge in [0.15, 0.2) is 0 Å². The average molecular weight is 343 g/mol. The number of halogens is 1. The van der Waals surface area contributed by atoms with Crippen molar-refractivity contribution in [1.82, 2.24) is 0 Å². The Morgan fingerprint density at radius 2 is 1.92 bits per heavy atom. The molecule has 1 N–H and O–H groups in total. The molecular formula is C17H14FN3O4. The molecule has 1 aliphatic heterocycles. The Hall–Kier alpha value is -3.29. The van der Waals surface area contributed by atoms with Crippen LogP contribution in [0.1, 0.15) is 23.2 Å². The molecule has 2 aromatic rings. The summed E-state index contributed by atoms with van der Waals surface area (Å²) in [6.45, 7) is 0.642. The van der Waals surface area contributed by atoms with Crippen LogP contribution in [0.3, 0.4) is 0 Å². The lowest BCUT2D eigenvalue weighted by Gasteiger charge is -2.15. The van der Waals surface area contributed by atoms with Gasteiger partial charge in [0.05, 0.1) is 10.6 Å². The number of carbonyl (C=O) groups is 2. The van der Waals surface area contributed by atoms with Crippen LogP contribution in [0.15, 0.2) is 42.5 Å². The standard InChI is InChI=1S/C17H14FN3O4/c18-14-8-7-13(21(24)25)10-15(14)19-17(23)11-3-5-12(6-4-11)20-9-1-2-16(20)22/h3-8,10H,1-2,9H2,(H,19,23). The SMILES string of the molecule is O=C(Nc1cc([N+](=O)[O-])ccc1F)c1ccc(N2CCCC2=O)cc1. The van der Waals surface area contributed by atoms with Crippen molar-refractivity contribution in [3.63, 3.8) is 0 Å². The van der Waals surface area contributed by atoms with E-state index in [4.69, 9.17) is 0 Å². The van der Waals surface area contributed by atoms with Crippen LogP contribution in [0.2, 0.25) is 0 Å². The summed E-state index contributed by atoms with van der Waals surface area (Å²) in [5.41, 5.74) is 0.361. The van der Waals surface area contributed by atoms with Crippen LogP contribution >= 0.6 is 0 Å². The highest BCUT2D eigenvalue weighted by atomic mass is 19.1. The summed E-state index contributed by atoms with van der Waals surface area (Å²) >= 11 is 0. The van der Waals surface area contributed by atoms with Gasteiger partial charge in [0.2, 0.25) is 5.91 Å². The Labute approximate surface area is 142 Å². The molecular weight excluding hydrogens is 329 g/mol. The van der Waals surface area contributed by atoms with Crippen LogP contribution in [0.25, 0.3) is 0 Å². The molecule has 25 heavy (non-hydrogen) atoms. The Balaban J connectivity index is 1.76. The first-order chi connectivity index (χ1) is 12.0. The summed E-state index contributed by atoms with van der Waals surface area (Å²) < 4.78 is 13.7. The lowest BCUT2D eigenvalue weighted by Crippen LogP contribution is -2.23. The van der Waals surface area contributed by atoms with Gasteiger partial charge in [-0.05, 0) is 36.8 Å². The summed E-state index contributed by atoms with van der Waals surface area (Å²) in [5.74, 6) is -1.33. The predicted molar refractivity (Wildman–Crippen MR) is 89.0 cm³/mol. The monoisotopic (exact) mass is 343 g/mol. The fraction of sp³-hybridized carbons (Fsp3) is 0.176. The maximum atomic E-state index is 13.7. The van der Waals surface area contributed by atoms with E-state index in [1.165, 1.54) is 12.1 Å². The van der Waals surface area contributed by atoms with E-state index in [2.05, 4.69) is 5.32 Å². The number of nitro benzene ring substituents is 1. The number of nitrogens with zero attached hydrogens (tertiary/aromatic N) is 2. The van der Waals surface area contributed by atoms with Gasteiger partial charge in [-0.15, -0.1) is 0 Å². The van der Waals surface area contributed by atoms with Gasteiger partial charge in [-0.25, -0.2) is 4.39 Å². The highest BCUT2D eigenvalue weighted by Gasteiger charge is 2.22. The van der Waals surface area contributed by atoms with Crippen LogP contribution in [-0.2, 0) is 4.79 Å². The number of anilines is 2. The quantitative estimate of drug-likeness (QED) is 0.682. The van der Waals surface area contributed by atoms with Crippen LogP contribution < -0.4 is 10.2 Å². The zero-order chi connectivity index (χ0) is 18.0. The van der Waals surface area contributed by atoms with Crippen molar-refractivity contribution < 1.29 is 18.9 Å². The minimum Gasteiger partial charge on any atom is -0.319 e. The van der Waals surface area contributed by atoms with Crippen molar-refractivity contribution in [1.29, 1.82) is 0 Å². The molecule has 128 valence electrons. The molecule has 0 bridgehead atoms. The molecule has 0 unspecified atom stereocenters. The van der Waals surface area contributed by atoms with Crippen LogP contribution in [0, 0.1) is 15.9 Å². The molecule has 1 heterocycles. The van der Waals surface area contributed by atoms with Crippen LogP contribution in [0.5, 0.6) is 0 Å². The van der Waals surface area contributed by atoms with Crippen molar-refractivity contribution in [3.8, 4) is 0 Å². The smallest absolute Gasteiger partial charge is 0.271 e. The lowest BCUT2D eigenvalue weighted by atomic mass is 10.1. The third-order valence-corrected chi connectivity index (χ3v) is 3.92. The first kappa shape index (κ1) is 16.6. The second-order valence-electron chi connectivity index (χ2n) is 5.57. The van der Waals surface area contributed by atoms with Gasteiger partial charge in [0.25, 0.3) is 11.6 Å². The molecule has 8 heteroatoms. The molecule has 7 nitrogen and oxygen atoms in total. The average Bonchev–Trinajstić information content (AvgIpc) is 3.02. The number of hydrogen-bond acceptors (Lipinski definition) is 4. The van der Waals surface area contributed by atoms with Crippen molar-refractivity contribution >= 4 is 28.9 Å². The summed E-state index contributed by atoms with van der Waals surface area (Å²) in [5, 5.41) is 13.1. The topological polar surface area (TPSA) is 92.5 Å². The minimum absolute atomic E-state index is 0.0378. The Bertz CT molecular complexity index is 851. The van der Waals surface area contributed by atoms with Gasteiger partial charge in [0.1, 0.15) is 5.82 Å². The van der Waals surface area contributed by atoms with Gasteiger partial charge in [-0.3, -0.25) is 19.7 Å². The fourth-order valence-corrected chi connectivity index (χ4v) is 2.63. The maximum Gasteiger partial charge on any atom is 0.271 e. The number of carbonyl (C=O) groups excluding carboxylic acids is 2. The molecule has 0 radical (unpaired) electrons. The zero-order valence-corrected chi connectivity index (χ0v) is 13.1. The molecule has 0 aliphatic carbocycles. The van der Waals surface area contributed by atoms with Gasteiger partial charge < -0.3 is 10.2 Å². The minimum atomic E-state index is -0.766. The third-order valence-electron chi connectivity index (χ3n) is 3.92. The largest absolute Gasteiger partial charge is 0.319 e. The van der Waals surface area contributed by atoms with E-state index in [1.807, 2.05) is 0 Å². The highest BCUT2D eigenvalue weighted by molar-refractivity contribution is 6.05. The van der Waals surface area contributed by atoms with Crippen LogP contribution in [-0.4, -0.2) is 23.3 Å². The van der Waals surface area contributed by atoms with Gasteiger partial charge in [0, 0.05) is 36.3 Å². The van der Waals surface area contributed by atoms with E-state index in [-0.39, 0.29) is 22.8 Å². The van der Waals surface area contributed by atoms with E-state index >= 15 is 0 Å². The predicted octanol–water partition coefficient (Wildman–Crippen LogP) is 3.11. The number of amides is 2. The van der Waals surface area contributed by atoms with Crippen molar-refractivity contribution in [3.05, 3.63) is 64.0 Å². The first-order valence-electron chi connectivity index (χ1n) is 7.61. The van der Waals surface area contributed by atoms with Crippen LogP contribution in [0.4, 0.5) is 21.5 Å². The lowest BCUT2D eigenvalue weighted by molar-refractivity contribution is -0.384. The van der Waals surface area contributed by atoms with E-state index in [1.54, 1.807) is 17.0 Å². The first-order valence-corrected chi connectivity index (χ1v) is 7.61. The number of non-ortho nitro benzene ring substituents is 1. The molecule has 0 atom stereocenters.